The van der Waals surface area contributed by atoms with Crippen LogP contribution < -0.4 is 5.32 Å². The lowest BCUT2D eigenvalue weighted by atomic mass is 10.1. The number of hydrogen-bond donors (Lipinski definition) is 1. The lowest BCUT2D eigenvalue weighted by Crippen LogP contribution is -2.30. The van der Waals surface area contributed by atoms with Crippen LogP contribution in [0.3, 0.4) is 0 Å². The van der Waals surface area contributed by atoms with Crippen molar-refractivity contribution in [2.24, 2.45) is 0 Å². The van der Waals surface area contributed by atoms with Crippen molar-refractivity contribution in [1.29, 1.82) is 0 Å². The number of carbonyl (C=O) groups excluding carboxylic acids is 2. The van der Waals surface area contributed by atoms with E-state index < -0.39 is 11.7 Å². The van der Waals surface area contributed by atoms with E-state index in [2.05, 4.69) is 5.32 Å². The van der Waals surface area contributed by atoms with Gasteiger partial charge in [-0.1, -0.05) is 19.1 Å². The second kappa shape index (κ2) is 5.29. The lowest BCUT2D eigenvalue weighted by molar-refractivity contribution is -0.117. The van der Waals surface area contributed by atoms with Crippen LogP contribution >= 0.6 is 0 Å². The molecule has 1 aromatic rings. The summed E-state index contributed by atoms with van der Waals surface area (Å²) < 4.78 is 14.1. The molecule has 4 heteroatoms. The summed E-state index contributed by atoms with van der Waals surface area (Å²) in [5.74, 6) is -0.768. The number of benzene rings is 1. The molecule has 0 bridgehead atoms. The van der Waals surface area contributed by atoms with Crippen molar-refractivity contribution in [3.8, 4) is 0 Å². The molecule has 1 amide bonds. The van der Waals surface area contributed by atoms with Crippen LogP contribution in [0.4, 0.5) is 4.39 Å². The third kappa shape index (κ3) is 2.75. The molecule has 0 spiro atoms. The molecule has 0 heterocycles. The van der Waals surface area contributed by atoms with Crippen LogP contribution in [0, 0.1) is 5.82 Å². The molecule has 0 saturated heterocycles. The lowest BCUT2D eigenvalue weighted by Gasteiger charge is -2.08. The number of carbonyl (C=O) groups is 2. The maximum absolute atomic E-state index is 14.1. The van der Waals surface area contributed by atoms with E-state index in [0.717, 1.165) is 12.8 Å². The molecule has 0 aromatic heterocycles. The normalized spacial score (nSPS) is 14.3. The number of ketones is 1. The Hall–Kier alpha value is -1.71. The largest absolute Gasteiger partial charge is 0.345 e. The van der Waals surface area contributed by atoms with Crippen molar-refractivity contribution in [3.05, 3.63) is 35.1 Å². The van der Waals surface area contributed by atoms with Crippen molar-refractivity contribution < 1.29 is 14.0 Å². The maximum atomic E-state index is 14.1. The number of rotatable bonds is 5. The molecule has 18 heavy (non-hydrogen) atoms. The van der Waals surface area contributed by atoms with Gasteiger partial charge in [0.2, 0.25) is 0 Å². The molecule has 96 valence electrons. The quantitative estimate of drug-likeness (QED) is 0.871. The molecule has 1 aromatic carbocycles. The van der Waals surface area contributed by atoms with Gasteiger partial charge in [-0.05, 0) is 30.4 Å². The van der Waals surface area contributed by atoms with E-state index in [1.807, 2.05) is 0 Å². The predicted molar refractivity (Wildman–Crippen MR) is 66.0 cm³/mol. The summed E-state index contributed by atoms with van der Waals surface area (Å²) in [4.78, 5) is 22.9. The summed E-state index contributed by atoms with van der Waals surface area (Å²) in [5, 5.41) is 2.45. The highest BCUT2D eigenvalue weighted by molar-refractivity contribution is 5.97. The summed E-state index contributed by atoms with van der Waals surface area (Å²) in [6.45, 7) is 1.69. The third-order valence-corrected chi connectivity index (χ3v) is 3.13. The molecule has 1 saturated carbocycles. The van der Waals surface area contributed by atoms with E-state index >= 15 is 0 Å². The van der Waals surface area contributed by atoms with E-state index in [4.69, 9.17) is 0 Å². The van der Waals surface area contributed by atoms with Gasteiger partial charge in [0.15, 0.2) is 5.78 Å². The first-order chi connectivity index (χ1) is 8.63. The fourth-order valence-electron chi connectivity index (χ4n) is 1.83. The zero-order valence-electron chi connectivity index (χ0n) is 10.3. The number of amides is 1. The van der Waals surface area contributed by atoms with Gasteiger partial charge >= 0.3 is 0 Å². The Morgan fingerprint density at radius 2 is 2.11 bits per heavy atom. The first-order valence-corrected chi connectivity index (χ1v) is 6.21. The molecule has 0 atom stereocenters. The van der Waals surface area contributed by atoms with Crippen molar-refractivity contribution in [3.63, 3.8) is 0 Å². The summed E-state index contributed by atoms with van der Waals surface area (Å²) in [6.07, 6.45) is 2.33. The highest BCUT2D eigenvalue weighted by atomic mass is 19.1. The smallest absolute Gasteiger partial charge is 0.254 e. The minimum Gasteiger partial charge on any atom is -0.345 e. The van der Waals surface area contributed by atoms with Gasteiger partial charge < -0.3 is 5.32 Å². The third-order valence-electron chi connectivity index (χ3n) is 3.13. The summed E-state index contributed by atoms with van der Waals surface area (Å²) in [7, 11) is 0. The Labute approximate surface area is 105 Å². The molecule has 1 fully saturated rings. The minimum atomic E-state index is -0.517. The van der Waals surface area contributed by atoms with Gasteiger partial charge in [-0.2, -0.15) is 0 Å². The van der Waals surface area contributed by atoms with Gasteiger partial charge in [-0.25, -0.2) is 4.39 Å². The van der Waals surface area contributed by atoms with E-state index in [-0.39, 0.29) is 23.8 Å². The van der Waals surface area contributed by atoms with Crippen LogP contribution in [0.1, 0.15) is 48.0 Å². The van der Waals surface area contributed by atoms with Crippen LogP contribution in [0.25, 0.3) is 0 Å². The summed E-state index contributed by atoms with van der Waals surface area (Å²) in [6, 6.07) is 4.86. The SMILES string of the molecule is CCC(=O)CNC(=O)c1cccc(C2CC2)c1F. The first kappa shape index (κ1) is 12.7. The van der Waals surface area contributed by atoms with Gasteiger partial charge in [0.1, 0.15) is 5.82 Å². The van der Waals surface area contributed by atoms with E-state index in [1.165, 1.54) is 6.07 Å². The van der Waals surface area contributed by atoms with Gasteiger partial charge in [0, 0.05) is 6.42 Å². The zero-order valence-corrected chi connectivity index (χ0v) is 10.3. The Kier molecular flexibility index (Phi) is 3.75. The van der Waals surface area contributed by atoms with Gasteiger partial charge in [-0.15, -0.1) is 0 Å². The minimum absolute atomic E-state index is 0.0308. The molecule has 1 aliphatic carbocycles. The van der Waals surface area contributed by atoms with E-state index in [1.54, 1.807) is 19.1 Å². The fourth-order valence-corrected chi connectivity index (χ4v) is 1.83. The maximum Gasteiger partial charge on any atom is 0.254 e. The van der Waals surface area contributed by atoms with Gasteiger partial charge in [-0.3, -0.25) is 9.59 Å². The molecule has 0 aliphatic heterocycles. The van der Waals surface area contributed by atoms with Crippen molar-refractivity contribution in [1.82, 2.24) is 5.32 Å². The van der Waals surface area contributed by atoms with Crippen LogP contribution in [0.15, 0.2) is 18.2 Å². The Morgan fingerprint density at radius 1 is 1.39 bits per heavy atom. The van der Waals surface area contributed by atoms with Crippen LogP contribution in [-0.4, -0.2) is 18.2 Å². The fraction of sp³-hybridized carbons (Fsp3) is 0.429. The molecule has 1 aliphatic rings. The average Bonchev–Trinajstić information content (AvgIpc) is 3.20. The molecular weight excluding hydrogens is 233 g/mol. The number of halogens is 1. The first-order valence-electron chi connectivity index (χ1n) is 6.21. The monoisotopic (exact) mass is 249 g/mol. The highest BCUT2D eigenvalue weighted by Crippen LogP contribution is 2.41. The summed E-state index contributed by atoms with van der Waals surface area (Å²) >= 11 is 0. The number of nitrogens with one attached hydrogen (secondary N) is 1. The van der Waals surface area contributed by atoms with Crippen molar-refractivity contribution in [2.45, 2.75) is 32.1 Å². The highest BCUT2D eigenvalue weighted by Gasteiger charge is 2.28. The zero-order chi connectivity index (χ0) is 13.1. The van der Waals surface area contributed by atoms with Crippen LogP contribution in [-0.2, 0) is 4.79 Å². The van der Waals surface area contributed by atoms with Crippen molar-refractivity contribution in [2.75, 3.05) is 6.54 Å². The average molecular weight is 249 g/mol. The second-order valence-electron chi connectivity index (χ2n) is 4.56. The van der Waals surface area contributed by atoms with Crippen LogP contribution in [0.5, 0.6) is 0 Å². The van der Waals surface area contributed by atoms with E-state index in [0.29, 0.717) is 12.0 Å². The molecular formula is C14H16FNO2. The molecule has 2 rings (SSSR count). The van der Waals surface area contributed by atoms with Crippen molar-refractivity contribution >= 4 is 11.7 Å². The topological polar surface area (TPSA) is 46.2 Å². The molecule has 0 unspecified atom stereocenters. The molecule has 3 nitrogen and oxygen atoms in total. The van der Waals surface area contributed by atoms with E-state index in [9.17, 15) is 14.0 Å². The Bertz CT molecular complexity index is 481. The summed E-state index contributed by atoms with van der Waals surface area (Å²) in [5.41, 5.74) is 0.646. The Morgan fingerprint density at radius 3 is 2.72 bits per heavy atom. The van der Waals surface area contributed by atoms with Crippen LogP contribution in [0.2, 0.25) is 0 Å². The number of hydrogen-bond acceptors (Lipinski definition) is 2. The number of Topliss-reactive ketones (excluding diaryl/α,β-unsaturated/α-hetero) is 1. The Balaban J connectivity index is 2.10. The standard InChI is InChI=1S/C14H16FNO2/c1-2-10(17)8-16-14(18)12-5-3-4-11(13(12)15)9-6-7-9/h3-5,9H,2,6-8H2,1H3,(H,16,18). The van der Waals surface area contributed by atoms with Gasteiger partial charge in [0.25, 0.3) is 5.91 Å². The second-order valence-corrected chi connectivity index (χ2v) is 4.56. The predicted octanol–water partition coefficient (Wildman–Crippen LogP) is 2.41. The van der Waals surface area contributed by atoms with Gasteiger partial charge in [0.05, 0.1) is 12.1 Å². The molecule has 1 N–H and O–H groups in total. The molecule has 0 radical (unpaired) electrons.